The topological polar surface area (TPSA) is 15.3 Å². The molecule has 0 aliphatic heterocycles. The van der Waals surface area contributed by atoms with Crippen molar-refractivity contribution in [3.8, 4) is 0 Å². The van der Waals surface area contributed by atoms with Crippen molar-refractivity contribution >= 4 is 0 Å². The van der Waals surface area contributed by atoms with Crippen LogP contribution in [0.5, 0.6) is 0 Å². The van der Waals surface area contributed by atoms with Gasteiger partial charge in [-0.25, -0.2) is 0 Å². The quantitative estimate of drug-likeness (QED) is 0.666. The summed E-state index contributed by atoms with van der Waals surface area (Å²) in [7, 11) is 2.12. The zero-order valence-corrected chi connectivity index (χ0v) is 12.5. The first kappa shape index (κ1) is 15.0. The molecule has 1 fully saturated rings. The van der Waals surface area contributed by atoms with Crippen LogP contribution in [0.2, 0.25) is 0 Å². The second-order valence-electron chi connectivity index (χ2n) is 6.19. The van der Waals surface area contributed by atoms with Gasteiger partial charge < -0.3 is 5.32 Å². The summed E-state index contributed by atoms with van der Waals surface area (Å²) in [6.45, 7) is 11.9. The summed E-state index contributed by atoms with van der Waals surface area (Å²) >= 11 is 0. The summed E-state index contributed by atoms with van der Waals surface area (Å²) in [5.74, 6) is 1.60. The van der Waals surface area contributed by atoms with Crippen molar-refractivity contribution in [3.05, 3.63) is 0 Å². The molecule has 2 unspecified atom stereocenters. The van der Waals surface area contributed by atoms with Gasteiger partial charge in [0, 0.05) is 18.6 Å². The van der Waals surface area contributed by atoms with E-state index in [1.54, 1.807) is 0 Å². The average molecular weight is 240 g/mol. The standard InChI is InChI=1S/C15H32N2/c1-6-13(4)15(16-5)11-17(14-7-8-14)10-9-12(2)3/h12-16H,6-11H2,1-5H3. The van der Waals surface area contributed by atoms with Gasteiger partial charge >= 0.3 is 0 Å². The fourth-order valence-electron chi connectivity index (χ4n) is 2.38. The number of hydrogen-bond donors (Lipinski definition) is 1. The van der Waals surface area contributed by atoms with Gasteiger partial charge in [-0.1, -0.05) is 34.1 Å². The van der Waals surface area contributed by atoms with Crippen molar-refractivity contribution in [2.75, 3.05) is 20.1 Å². The molecular formula is C15H32N2. The molecule has 1 aliphatic carbocycles. The Balaban J connectivity index is 2.41. The van der Waals surface area contributed by atoms with E-state index in [9.17, 15) is 0 Å². The fraction of sp³-hybridized carbons (Fsp3) is 1.00. The van der Waals surface area contributed by atoms with Gasteiger partial charge in [-0.15, -0.1) is 0 Å². The minimum absolute atomic E-state index is 0.660. The first-order chi connectivity index (χ1) is 8.08. The van der Waals surface area contributed by atoms with Crippen LogP contribution in [-0.2, 0) is 0 Å². The fourth-order valence-corrected chi connectivity index (χ4v) is 2.38. The molecule has 2 atom stereocenters. The van der Waals surface area contributed by atoms with E-state index in [2.05, 4.69) is 45.0 Å². The van der Waals surface area contributed by atoms with E-state index in [1.807, 2.05) is 0 Å². The summed E-state index contributed by atoms with van der Waals surface area (Å²) in [5, 5.41) is 3.51. The molecule has 0 bridgehead atoms. The molecule has 102 valence electrons. The minimum Gasteiger partial charge on any atom is -0.315 e. The minimum atomic E-state index is 0.660. The van der Waals surface area contributed by atoms with Crippen molar-refractivity contribution in [3.63, 3.8) is 0 Å². The monoisotopic (exact) mass is 240 g/mol. The van der Waals surface area contributed by atoms with E-state index in [-0.39, 0.29) is 0 Å². The van der Waals surface area contributed by atoms with Crippen LogP contribution >= 0.6 is 0 Å². The zero-order chi connectivity index (χ0) is 12.8. The third-order valence-corrected chi connectivity index (χ3v) is 4.19. The smallest absolute Gasteiger partial charge is 0.0217 e. The lowest BCUT2D eigenvalue weighted by Gasteiger charge is -2.31. The van der Waals surface area contributed by atoms with Gasteiger partial charge in [0.1, 0.15) is 0 Å². The number of nitrogens with zero attached hydrogens (tertiary/aromatic N) is 1. The lowest BCUT2D eigenvalue weighted by atomic mass is 9.98. The maximum atomic E-state index is 3.51. The highest BCUT2D eigenvalue weighted by molar-refractivity contribution is 4.87. The van der Waals surface area contributed by atoms with E-state index < -0.39 is 0 Å². The van der Waals surface area contributed by atoms with Crippen LogP contribution in [0, 0.1) is 11.8 Å². The molecule has 2 nitrogen and oxygen atoms in total. The Bertz CT molecular complexity index is 199. The third-order valence-electron chi connectivity index (χ3n) is 4.19. The highest BCUT2D eigenvalue weighted by Crippen LogP contribution is 2.28. The Labute approximate surface area is 108 Å². The Morgan fingerprint density at radius 2 is 1.88 bits per heavy atom. The molecule has 0 aromatic rings. The third kappa shape index (κ3) is 5.39. The average Bonchev–Trinajstić information content (AvgIpc) is 3.12. The summed E-state index contributed by atoms with van der Waals surface area (Å²) in [6.07, 6.45) is 5.46. The molecule has 0 heterocycles. The second kappa shape index (κ2) is 7.38. The van der Waals surface area contributed by atoms with Gasteiger partial charge in [0.05, 0.1) is 0 Å². The van der Waals surface area contributed by atoms with Gasteiger partial charge in [-0.05, 0) is 44.7 Å². The normalized spacial score (nSPS) is 19.9. The molecule has 0 aromatic carbocycles. The lowest BCUT2D eigenvalue weighted by Crippen LogP contribution is -2.44. The van der Waals surface area contributed by atoms with Gasteiger partial charge in [0.2, 0.25) is 0 Å². The first-order valence-corrected chi connectivity index (χ1v) is 7.49. The van der Waals surface area contributed by atoms with Crippen molar-refractivity contribution in [1.82, 2.24) is 10.2 Å². The molecule has 0 spiro atoms. The van der Waals surface area contributed by atoms with Gasteiger partial charge in [0.15, 0.2) is 0 Å². The van der Waals surface area contributed by atoms with Crippen molar-refractivity contribution < 1.29 is 0 Å². The molecule has 0 amide bonds. The highest BCUT2D eigenvalue weighted by Gasteiger charge is 2.30. The summed E-state index contributed by atoms with van der Waals surface area (Å²) in [4.78, 5) is 2.73. The van der Waals surface area contributed by atoms with Crippen LogP contribution < -0.4 is 5.32 Å². The van der Waals surface area contributed by atoms with Crippen LogP contribution in [0.25, 0.3) is 0 Å². The molecule has 2 heteroatoms. The van der Waals surface area contributed by atoms with Crippen LogP contribution in [0.4, 0.5) is 0 Å². The van der Waals surface area contributed by atoms with E-state index >= 15 is 0 Å². The van der Waals surface area contributed by atoms with Crippen molar-refractivity contribution in [2.45, 2.75) is 65.5 Å². The molecule has 17 heavy (non-hydrogen) atoms. The summed E-state index contributed by atoms with van der Waals surface area (Å²) in [6, 6.07) is 1.56. The predicted molar refractivity (Wildman–Crippen MR) is 76.4 cm³/mol. The Morgan fingerprint density at radius 3 is 2.29 bits per heavy atom. The Kier molecular flexibility index (Phi) is 6.50. The second-order valence-corrected chi connectivity index (χ2v) is 6.19. The molecule has 0 radical (unpaired) electrons. The van der Waals surface area contributed by atoms with Crippen LogP contribution in [0.3, 0.4) is 0 Å². The first-order valence-electron chi connectivity index (χ1n) is 7.49. The predicted octanol–water partition coefficient (Wildman–Crippen LogP) is 3.13. The zero-order valence-electron chi connectivity index (χ0n) is 12.5. The Hall–Kier alpha value is -0.0800. The lowest BCUT2D eigenvalue weighted by molar-refractivity contribution is 0.198. The van der Waals surface area contributed by atoms with E-state index in [0.717, 1.165) is 17.9 Å². The number of hydrogen-bond acceptors (Lipinski definition) is 2. The molecule has 1 saturated carbocycles. The number of nitrogens with one attached hydrogen (secondary N) is 1. The maximum Gasteiger partial charge on any atom is 0.0217 e. The summed E-state index contributed by atoms with van der Waals surface area (Å²) < 4.78 is 0. The van der Waals surface area contributed by atoms with E-state index in [4.69, 9.17) is 0 Å². The highest BCUT2D eigenvalue weighted by atomic mass is 15.2. The van der Waals surface area contributed by atoms with Gasteiger partial charge in [-0.2, -0.15) is 0 Å². The largest absolute Gasteiger partial charge is 0.315 e. The SMILES string of the molecule is CCC(C)C(CN(CCC(C)C)C1CC1)NC. The molecular weight excluding hydrogens is 208 g/mol. The van der Waals surface area contributed by atoms with Crippen molar-refractivity contribution in [1.29, 1.82) is 0 Å². The Morgan fingerprint density at radius 1 is 1.24 bits per heavy atom. The summed E-state index contributed by atoms with van der Waals surface area (Å²) in [5.41, 5.74) is 0. The maximum absolute atomic E-state index is 3.51. The van der Waals surface area contributed by atoms with Crippen LogP contribution in [0.1, 0.15) is 53.4 Å². The number of likely N-dealkylation sites (N-methyl/N-ethyl adjacent to an activating group) is 1. The number of rotatable bonds is 9. The molecule has 1 aliphatic rings. The van der Waals surface area contributed by atoms with Gasteiger partial charge in [0.25, 0.3) is 0 Å². The van der Waals surface area contributed by atoms with E-state index in [1.165, 1.54) is 38.8 Å². The molecule has 1 rings (SSSR count). The van der Waals surface area contributed by atoms with Crippen LogP contribution in [0.15, 0.2) is 0 Å². The molecule has 0 saturated heterocycles. The molecule has 0 aromatic heterocycles. The van der Waals surface area contributed by atoms with E-state index in [0.29, 0.717) is 6.04 Å². The van der Waals surface area contributed by atoms with Crippen LogP contribution in [-0.4, -0.2) is 37.1 Å². The van der Waals surface area contributed by atoms with Crippen molar-refractivity contribution in [2.24, 2.45) is 11.8 Å². The molecule has 1 N–H and O–H groups in total. The van der Waals surface area contributed by atoms with Gasteiger partial charge in [-0.3, -0.25) is 4.90 Å².